The lowest BCUT2D eigenvalue weighted by Crippen LogP contribution is -2.17. The lowest BCUT2D eigenvalue weighted by Gasteiger charge is -2.06. The van der Waals surface area contributed by atoms with E-state index in [2.05, 4.69) is 5.32 Å². The van der Waals surface area contributed by atoms with Crippen molar-refractivity contribution in [2.75, 3.05) is 5.32 Å². The molecular weight excluding hydrogens is 286 g/mol. The van der Waals surface area contributed by atoms with Crippen LogP contribution in [0.15, 0.2) is 24.3 Å². The highest BCUT2D eigenvalue weighted by atomic mass is 16.5. The van der Waals surface area contributed by atoms with Gasteiger partial charge in [0.2, 0.25) is 17.7 Å². The predicted molar refractivity (Wildman–Crippen MR) is 81.2 cm³/mol. The summed E-state index contributed by atoms with van der Waals surface area (Å²) < 4.78 is 0. The van der Waals surface area contributed by atoms with Gasteiger partial charge in [0.15, 0.2) is 0 Å². The van der Waals surface area contributed by atoms with E-state index in [0.29, 0.717) is 24.1 Å². The van der Waals surface area contributed by atoms with Crippen LogP contribution in [-0.2, 0) is 9.59 Å². The number of hydroxylamine groups is 1. The second-order valence-corrected chi connectivity index (χ2v) is 4.94. The molecule has 0 aliphatic heterocycles. The summed E-state index contributed by atoms with van der Waals surface area (Å²) in [5.74, 6) is -0.996. The van der Waals surface area contributed by atoms with Crippen molar-refractivity contribution >= 4 is 23.4 Å². The number of benzene rings is 1. The molecule has 0 radical (unpaired) electrons. The van der Waals surface area contributed by atoms with E-state index in [9.17, 15) is 14.4 Å². The molecule has 120 valence electrons. The summed E-state index contributed by atoms with van der Waals surface area (Å²) >= 11 is 0. The molecule has 0 bridgehead atoms. The summed E-state index contributed by atoms with van der Waals surface area (Å²) in [6.07, 6.45) is 3.76. The van der Waals surface area contributed by atoms with Gasteiger partial charge in [0.1, 0.15) is 0 Å². The van der Waals surface area contributed by atoms with Crippen LogP contribution in [0, 0.1) is 0 Å². The first kappa shape index (κ1) is 17.6. The lowest BCUT2D eigenvalue weighted by molar-refractivity contribution is -0.129. The lowest BCUT2D eigenvalue weighted by atomic mass is 10.1. The molecule has 0 unspecified atom stereocenters. The molecule has 0 aromatic heterocycles. The van der Waals surface area contributed by atoms with Gasteiger partial charge >= 0.3 is 0 Å². The molecule has 0 aliphatic carbocycles. The van der Waals surface area contributed by atoms with Gasteiger partial charge in [0.05, 0.1) is 0 Å². The molecule has 3 amide bonds. The number of amides is 3. The van der Waals surface area contributed by atoms with E-state index < -0.39 is 11.8 Å². The largest absolute Gasteiger partial charge is 0.366 e. The van der Waals surface area contributed by atoms with E-state index in [1.165, 1.54) is 0 Å². The quantitative estimate of drug-likeness (QED) is 0.314. The molecule has 0 aliphatic rings. The first-order valence-electron chi connectivity index (χ1n) is 7.15. The van der Waals surface area contributed by atoms with Crippen molar-refractivity contribution in [3.05, 3.63) is 29.8 Å². The first-order valence-corrected chi connectivity index (χ1v) is 7.15. The number of carbonyl (C=O) groups is 3. The summed E-state index contributed by atoms with van der Waals surface area (Å²) in [4.78, 5) is 33.4. The van der Waals surface area contributed by atoms with Crippen LogP contribution in [0.2, 0.25) is 0 Å². The third-order valence-corrected chi connectivity index (χ3v) is 3.14. The molecule has 1 aromatic carbocycles. The van der Waals surface area contributed by atoms with Crippen LogP contribution in [0.5, 0.6) is 0 Å². The zero-order valence-electron chi connectivity index (χ0n) is 12.3. The van der Waals surface area contributed by atoms with E-state index >= 15 is 0 Å². The van der Waals surface area contributed by atoms with E-state index in [1.54, 1.807) is 29.7 Å². The first-order chi connectivity index (χ1) is 10.5. The summed E-state index contributed by atoms with van der Waals surface area (Å²) in [6.45, 7) is 0. The summed E-state index contributed by atoms with van der Waals surface area (Å²) in [5.41, 5.74) is 7.73. The third-order valence-electron chi connectivity index (χ3n) is 3.14. The van der Waals surface area contributed by atoms with Crippen molar-refractivity contribution in [3.8, 4) is 0 Å². The third kappa shape index (κ3) is 6.85. The van der Waals surface area contributed by atoms with Crippen molar-refractivity contribution < 1.29 is 19.6 Å². The zero-order chi connectivity index (χ0) is 16.4. The minimum atomic E-state index is -0.507. The number of carbonyl (C=O) groups excluding carboxylic acids is 3. The fourth-order valence-electron chi connectivity index (χ4n) is 1.92. The Kier molecular flexibility index (Phi) is 7.63. The van der Waals surface area contributed by atoms with Gasteiger partial charge in [-0.05, 0) is 37.1 Å². The van der Waals surface area contributed by atoms with Crippen molar-refractivity contribution in [2.24, 2.45) is 5.73 Å². The molecule has 1 rings (SSSR count). The number of unbranched alkanes of at least 4 members (excludes halogenated alkanes) is 3. The average molecular weight is 307 g/mol. The van der Waals surface area contributed by atoms with Crippen LogP contribution < -0.4 is 16.5 Å². The highest BCUT2D eigenvalue weighted by Gasteiger charge is 2.04. The Morgan fingerprint density at radius 1 is 0.909 bits per heavy atom. The van der Waals surface area contributed by atoms with Crippen LogP contribution in [0.25, 0.3) is 0 Å². The van der Waals surface area contributed by atoms with Crippen molar-refractivity contribution in [1.82, 2.24) is 5.48 Å². The van der Waals surface area contributed by atoms with Crippen molar-refractivity contribution in [3.63, 3.8) is 0 Å². The number of primary amides is 1. The molecule has 7 heteroatoms. The van der Waals surface area contributed by atoms with Crippen LogP contribution in [-0.4, -0.2) is 22.9 Å². The Morgan fingerprint density at radius 2 is 1.45 bits per heavy atom. The monoisotopic (exact) mass is 307 g/mol. The topological polar surface area (TPSA) is 122 Å². The average Bonchev–Trinajstić information content (AvgIpc) is 2.50. The Labute approximate surface area is 128 Å². The zero-order valence-corrected chi connectivity index (χ0v) is 12.3. The second-order valence-electron chi connectivity index (χ2n) is 4.94. The van der Waals surface area contributed by atoms with Gasteiger partial charge in [-0.15, -0.1) is 0 Å². The molecule has 7 nitrogen and oxygen atoms in total. The normalized spacial score (nSPS) is 10.0. The Hall–Kier alpha value is -2.41. The molecular formula is C15H21N3O4. The maximum absolute atomic E-state index is 11.7. The number of anilines is 1. The maximum Gasteiger partial charge on any atom is 0.248 e. The molecule has 0 saturated carbocycles. The van der Waals surface area contributed by atoms with E-state index in [1.807, 2.05) is 0 Å². The summed E-state index contributed by atoms with van der Waals surface area (Å²) in [6, 6.07) is 6.38. The molecule has 5 N–H and O–H groups in total. The number of hydrogen-bond acceptors (Lipinski definition) is 4. The summed E-state index contributed by atoms with van der Waals surface area (Å²) in [7, 11) is 0. The van der Waals surface area contributed by atoms with Gasteiger partial charge in [0.25, 0.3) is 0 Å². The second kappa shape index (κ2) is 9.51. The van der Waals surface area contributed by atoms with E-state index in [4.69, 9.17) is 10.9 Å². The van der Waals surface area contributed by atoms with Crippen molar-refractivity contribution in [1.29, 1.82) is 0 Å². The maximum atomic E-state index is 11.7. The van der Waals surface area contributed by atoms with Crippen LogP contribution >= 0.6 is 0 Å². The van der Waals surface area contributed by atoms with Gasteiger partial charge in [-0.1, -0.05) is 12.8 Å². The van der Waals surface area contributed by atoms with Crippen LogP contribution in [0.4, 0.5) is 5.69 Å². The number of nitrogens with one attached hydrogen (secondary N) is 2. The molecule has 1 aromatic rings. The van der Waals surface area contributed by atoms with Gasteiger partial charge in [-0.25, -0.2) is 5.48 Å². The molecule has 22 heavy (non-hydrogen) atoms. The summed E-state index contributed by atoms with van der Waals surface area (Å²) in [5, 5.41) is 11.1. The standard InChI is InChI=1S/C15H21N3O4/c16-15(21)11-7-9-12(10-8-11)17-13(19)5-3-1-2-4-6-14(20)18-22/h7-10,22H,1-6H2,(H2,16,21)(H,17,19)(H,18,20). The van der Waals surface area contributed by atoms with Gasteiger partial charge in [-0.2, -0.15) is 0 Å². The number of hydrogen-bond donors (Lipinski definition) is 4. The minimum absolute atomic E-state index is 0.0973. The van der Waals surface area contributed by atoms with Gasteiger partial charge in [0, 0.05) is 24.1 Å². The van der Waals surface area contributed by atoms with Crippen LogP contribution in [0.3, 0.4) is 0 Å². The number of nitrogens with two attached hydrogens (primary N) is 1. The Bertz CT molecular complexity index is 514. The SMILES string of the molecule is NC(=O)c1ccc(NC(=O)CCCCCCC(=O)NO)cc1. The Balaban J connectivity index is 2.18. The van der Waals surface area contributed by atoms with Gasteiger partial charge in [-0.3, -0.25) is 19.6 Å². The smallest absolute Gasteiger partial charge is 0.248 e. The molecule has 0 spiro atoms. The molecule has 0 fully saturated rings. The highest BCUT2D eigenvalue weighted by molar-refractivity contribution is 5.94. The predicted octanol–water partition coefficient (Wildman–Crippen LogP) is 1.57. The number of rotatable bonds is 9. The highest BCUT2D eigenvalue weighted by Crippen LogP contribution is 2.11. The van der Waals surface area contributed by atoms with Crippen LogP contribution in [0.1, 0.15) is 48.9 Å². The van der Waals surface area contributed by atoms with E-state index in [0.717, 1.165) is 19.3 Å². The van der Waals surface area contributed by atoms with E-state index in [-0.39, 0.29) is 12.3 Å². The fraction of sp³-hybridized carbons (Fsp3) is 0.400. The van der Waals surface area contributed by atoms with Crippen molar-refractivity contribution in [2.45, 2.75) is 38.5 Å². The van der Waals surface area contributed by atoms with Gasteiger partial charge < -0.3 is 11.1 Å². The molecule has 0 saturated heterocycles. The fourth-order valence-corrected chi connectivity index (χ4v) is 1.92. The Morgan fingerprint density at radius 3 is 1.95 bits per heavy atom. The molecule has 0 heterocycles. The molecule has 0 atom stereocenters. The minimum Gasteiger partial charge on any atom is -0.366 e.